The summed E-state index contributed by atoms with van der Waals surface area (Å²) in [5, 5.41) is 0. The van der Waals surface area contributed by atoms with Crippen molar-refractivity contribution in [3.05, 3.63) is 42.2 Å². The molecule has 0 saturated carbocycles. The van der Waals surface area contributed by atoms with Crippen molar-refractivity contribution in [1.82, 2.24) is 9.88 Å². The fourth-order valence-electron chi connectivity index (χ4n) is 1.99. The highest BCUT2D eigenvalue weighted by atomic mass is 19.4. The summed E-state index contributed by atoms with van der Waals surface area (Å²) in [6.07, 6.45) is -1.47. The molecule has 0 N–H and O–H groups in total. The zero-order chi connectivity index (χ0) is 14.0. The van der Waals surface area contributed by atoms with Crippen molar-refractivity contribution in [1.29, 1.82) is 0 Å². The lowest BCUT2D eigenvalue weighted by atomic mass is 10.1. The second kappa shape index (κ2) is 5.03. The van der Waals surface area contributed by atoms with Gasteiger partial charge < -0.3 is 4.90 Å². The third kappa shape index (κ3) is 3.13. The van der Waals surface area contributed by atoms with Crippen molar-refractivity contribution in [2.45, 2.75) is 19.1 Å². The molecule has 6 heteroatoms. The van der Waals surface area contributed by atoms with Crippen molar-refractivity contribution in [2.75, 3.05) is 6.54 Å². The van der Waals surface area contributed by atoms with Gasteiger partial charge in [-0.25, -0.2) is 0 Å². The summed E-state index contributed by atoms with van der Waals surface area (Å²) in [7, 11) is 0. The molecule has 102 valence electrons. The third-order valence-electron chi connectivity index (χ3n) is 3.08. The standard InChI is InChI=1S/C13H13F3N2O/c1-2-9-5-12(19)18(7-9)8-11-4-3-10(6-17-11)13(14,15)16/h2-4,6,9H,1,5,7-8H2. The molecule has 19 heavy (non-hydrogen) atoms. The van der Waals surface area contributed by atoms with Crippen molar-refractivity contribution in [2.24, 2.45) is 5.92 Å². The van der Waals surface area contributed by atoms with Gasteiger partial charge in [0, 0.05) is 25.1 Å². The zero-order valence-electron chi connectivity index (χ0n) is 10.2. The highest BCUT2D eigenvalue weighted by Crippen LogP contribution is 2.28. The van der Waals surface area contributed by atoms with Crippen molar-refractivity contribution in [3.8, 4) is 0 Å². The molecule has 1 fully saturated rings. The number of aromatic nitrogens is 1. The fraction of sp³-hybridized carbons (Fsp3) is 0.385. The molecule has 1 aromatic rings. The minimum absolute atomic E-state index is 0.0217. The van der Waals surface area contributed by atoms with Gasteiger partial charge in [0.05, 0.1) is 17.8 Å². The minimum Gasteiger partial charge on any atom is -0.336 e. The van der Waals surface area contributed by atoms with Crippen LogP contribution in [0.2, 0.25) is 0 Å². The molecule has 1 aliphatic heterocycles. The second-order valence-electron chi connectivity index (χ2n) is 4.51. The summed E-state index contributed by atoms with van der Waals surface area (Å²) in [5.74, 6) is 0.0912. The monoisotopic (exact) mass is 270 g/mol. The number of carbonyl (C=O) groups is 1. The molecule has 2 heterocycles. The summed E-state index contributed by atoms with van der Waals surface area (Å²) in [6, 6.07) is 2.28. The first-order valence-electron chi connectivity index (χ1n) is 5.82. The van der Waals surface area contributed by atoms with Gasteiger partial charge in [0.25, 0.3) is 0 Å². The van der Waals surface area contributed by atoms with Gasteiger partial charge in [-0.1, -0.05) is 6.08 Å². The van der Waals surface area contributed by atoms with Crippen LogP contribution in [-0.2, 0) is 17.5 Å². The second-order valence-corrected chi connectivity index (χ2v) is 4.51. The molecule has 0 aromatic carbocycles. The Labute approximate surface area is 108 Å². The van der Waals surface area contributed by atoms with Crippen LogP contribution in [0.25, 0.3) is 0 Å². The third-order valence-corrected chi connectivity index (χ3v) is 3.08. The molecule has 0 spiro atoms. The lowest BCUT2D eigenvalue weighted by Gasteiger charge is -2.15. The lowest BCUT2D eigenvalue weighted by Crippen LogP contribution is -2.25. The summed E-state index contributed by atoms with van der Waals surface area (Å²) < 4.78 is 37.1. The van der Waals surface area contributed by atoms with E-state index in [-0.39, 0.29) is 18.4 Å². The van der Waals surface area contributed by atoms with Crippen LogP contribution in [0.4, 0.5) is 13.2 Å². The van der Waals surface area contributed by atoms with E-state index < -0.39 is 11.7 Å². The summed E-state index contributed by atoms with van der Waals surface area (Å²) in [5.41, 5.74) is -0.334. The molecular formula is C13H13F3N2O. The van der Waals surface area contributed by atoms with Crippen LogP contribution >= 0.6 is 0 Å². The SMILES string of the molecule is C=CC1CC(=O)N(Cc2ccc(C(F)(F)F)cn2)C1. The molecule has 1 amide bonds. The lowest BCUT2D eigenvalue weighted by molar-refractivity contribution is -0.138. The van der Waals surface area contributed by atoms with Crippen molar-refractivity contribution >= 4 is 5.91 Å². The predicted octanol–water partition coefficient (Wildman–Crippen LogP) is 2.63. The largest absolute Gasteiger partial charge is 0.417 e. The Morgan fingerprint density at radius 1 is 1.47 bits per heavy atom. The molecule has 1 aromatic heterocycles. The van der Waals surface area contributed by atoms with Gasteiger partial charge in [0.2, 0.25) is 5.91 Å². The summed E-state index contributed by atoms with van der Waals surface area (Å²) in [6.45, 7) is 4.42. The number of hydrogen-bond acceptors (Lipinski definition) is 2. The van der Waals surface area contributed by atoms with Gasteiger partial charge >= 0.3 is 6.18 Å². The average molecular weight is 270 g/mol. The Balaban J connectivity index is 2.04. The summed E-state index contributed by atoms with van der Waals surface area (Å²) >= 11 is 0. The van der Waals surface area contributed by atoms with Crippen LogP contribution in [0.3, 0.4) is 0 Å². The molecule has 0 radical (unpaired) electrons. The maximum absolute atomic E-state index is 12.4. The van der Waals surface area contributed by atoms with Gasteiger partial charge in [-0.2, -0.15) is 13.2 Å². The van der Waals surface area contributed by atoms with Crippen molar-refractivity contribution < 1.29 is 18.0 Å². The Kier molecular flexibility index (Phi) is 3.59. The van der Waals surface area contributed by atoms with Gasteiger partial charge in [0.15, 0.2) is 0 Å². The van der Waals surface area contributed by atoms with Crippen LogP contribution in [0.5, 0.6) is 0 Å². The number of pyridine rings is 1. The Hall–Kier alpha value is -1.85. The molecule has 1 aliphatic rings. The van der Waals surface area contributed by atoms with Crippen LogP contribution in [0.15, 0.2) is 31.0 Å². The number of rotatable bonds is 3. The predicted molar refractivity (Wildman–Crippen MR) is 63.0 cm³/mol. The normalized spacial score (nSPS) is 19.8. The average Bonchev–Trinajstić information content (AvgIpc) is 2.70. The number of likely N-dealkylation sites (tertiary alicyclic amines) is 1. The van der Waals surface area contributed by atoms with E-state index in [1.165, 1.54) is 6.07 Å². The molecule has 2 rings (SSSR count). The van der Waals surface area contributed by atoms with E-state index in [0.29, 0.717) is 18.7 Å². The van der Waals surface area contributed by atoms with E-state index in [4.69, 9.17) is 0 Å². The smallest absolute Gasteiger partial charge is 0.336 e. The first kappa shape index (κ1) is 13.6. The highest BCUT2D eigenvalue weighted by molar-refractivity contribution is 5.78. The van der Waals surface area contributed by atoms with Gasteiger partial charge in [-0.3, -0.25) is 9.78 Å². The molecule has 0 bridgehead atoms. The van der Waals surface area contributed by atoms with E-state index in [1.807, 2.05) is 0 Å². The number of halogens is 3. The van der Waals surface area contributed by atoms with Gasteiger partial charge in [0.1, 0.15) is 0 Å². The molecule has 3 nitrogen and oxygen atoms in total. The van der Waals surface area contributed by atoms with E-state index in [2.05, 4.69) is 11.6 Å². The van der Waals surface area contributed by atoms with Gasteiger partial charge in [-0.05, 0) is 12.1 Å². The number of amides is 1. The number of hydrogen-bond donors (Lipinski definition) is 0. The molecule has 1 saturated heterocycles. The van der Waals surface area contributed by atoms with Crippen molar-refractivity contribution in [3.63, 3.8) is 0 Å². The topological polar surface area (TPSA) is 33.2 Å². The Morgan fingerprint density at radius 3 is 2.68 bits per heavy atom. The Morgan fingerprint density at radius 2 is 2.21 bits per heavy atom. The molecule has 1 atom stereocenters. The maximum Gasteiger partial charge on any atom is 0.417 e. The van der Waals surface area contributed by atoms with Gasteiger partial charge in [-0.15, -0.1) is 6.58 Å². The van der Waals surface area contributed by atoms with E-state index >= 15 is 0 Å². The van der Waals surface area contributed by atoms with E-state index in [1.54, 1.807) is 11.0 Å². The Bertz CT molecular complexity index is 482. The number of carbonyl (C=O) groups excluding carboxylic acids is 1. The first-order valence-corrected chi connectivity index (χ1v) is 5.82. The molecular weight excluding hydrogens is 257 g/mol. The molecule has 0 aliphatic carbocycles. The molecule has 1 unspecified atom stereocenters. The maximum atomic E-state index is 12.4. The van der Waals surface area contributed by atoms with Crippen LogP contribution in [-0.4, -0.2) is 22.3 Å². The van der Waals surface area contributed by atoms with E-state index in [9.17, 15) is 18.0 Å². The van der Waals surface area contributed by atoms with E-state index in [0.717, 1.165) is 12.3 Å². The van der Waals surface area contributed by atoms with Crippen LogP contribution in [0, 0.1) is 5.92 Å². The highest BCUT2D eigenvalue weighted by Gasteiger charge is 2.31. The first-order chi connectivity index (χ1) is 8.90. The van der Waals surface area contributed by atoms with Crippen LogP contribution < -0.4 is 0 Å². The number of alkyl halides is 3. The quantitative estimate of drug-likeness (QED) is 0.791. The number of nitrogens with zero attached hydrogens (tertiary/aromatic N) is 2. The minimum atomic E-state index is -4.39. The zero-order valence-corrected chi connectivity index (χ0v) is 10.2. The fourth-order valence-corrected chi connectivity index (χ4v) is 1.99. The van der Waals surface area contributed by atoms with Crippen LogP contribution in [0.1, 0.15) is 17.7 Å². The summed E-state index contributed by atoms with van der Waals surface area (Å²) in [4.78, 5) is 17.0.